The van der Waals surface area contributed by atoms with E-state index in [1.807, 2.05) is 7.05 Å². The van der Waals surface area contributed by atoms with Gasteiger partial charge in [0.25, 0.3) is 0 Å². The van der Waals surface area contributed by atoms with Crippen molar-refractivity contribution in [1.82, 2.24) is 4.90 Å². The van der Waals surface area contributed by atoms with E-state index < -0.39 is 0 Å². The number of carbonyl (C=O) groups excluding carboxylic acids is 1. The second-order valence-electron chi connectivity index (χ2n) is 2.81. The zero-order chi connectivity index (χ0) is 7.56. The zero-order valence-electron chi connectivity index (χ0n) is 6.21. The van der Waals surface area contributed by atoms with Gasteiger partial charge in [-0.2, -0.15) is 12.6 Å². The summed E-state index contributed by atoms with van der Waals surface area (Å²) in [6.45, 7) is 0.907. The molecule has 1 unspecified atom stereocenters. The lowest BCUT2D eigenvalue weighted by atomic mass is 10.0. The standard InChI is InChI=1S/C7H13NOS/c1-8-3-2-7(9)4-6(8)5-10/h6,10H,2-5H2,1H3. The highest BCUT2D eigenvalue weighted by atomic mass is 32.1. The van der Waals surface area contributed by atoms with Crippen LogP contribution in [0.3, 0.4) is 0 Å². The second kappa shape index (κ2) is 3.39. The lowest BCUT2D eigenvalue weighted by molar-refractivity contribution is -0.122. The number of hydrogen-bond donors (Lipinski definition) is 1. The van der Waals surface area contributed by atoms with Crippen LogP contribution in [0.1, 0.15) is 12.8 Å². The molecule has 0 saturated carbocycles. The molecule has 0 N–H and O–H groups in total. The van der Waals surface area contributed by atoms with Crippen LogP contribution in [0.25, 0.3) is 0 Å². The Balaban J connectivity index is 2.45. The van der Waals surface area contributed by atoms with Crippen molar-refractivity contribution in [3.63, 3.8) is 0 Å². The van der Waals surface area contributed by atoms with Crippen molar-refractivity contribution in [3.05, 3.63) is 0 Å². The lowest BCUT2D eigenvalue weighted by Gasteiger charge is -2.30. The van der Waals surface area contributed by atoms with Gasteiger partial charge in [-0.1, -0.05) is 0 Å². The van der Waals surface area contributed by atoms with E-state index in [0.29, 0.717) is 18.2 Å². The maximum absolute atomic E-state index is 10.9. The van der Waals surface area contributed by atoms with Gasteiger partial charge in [-0.15, -0.1) is 0 Å². The Hall–Kier alpha value is -0.0200. The first-order valence-electron chi connectivity index (χ1n) is 3.57. The molecule has 0 aromatic carbocycles. The Morgan fingerprint density at radius 2 is 2.50 bits per heavy atom. The number of rotatable bonds is 1. The summed E-state index contributed by atoms with van der Waals surface area (Å²) in [5, 5.41) is 0. The minimum absolute atomic E-state index is 0.379. The normalized spacial score (nSPS) is 29.0. The Kier molecular flexibility index (Phi) is 2.74. The summed E-state index contributed by atoms with van der Waals surface area (Å²) in [5.74, 6) is 1.18. The van der Waals surface area contributed by atoms with E-state index in [1.165, 1.54) is 0 Å². The van der Waals surface area contributed by atoms with Crippen LogP contribution in [0.15, 0.2) is 0 Å². The molecule has 3 heteroatoms. The highest BCUT2D eigenvalue weighted by Gasteiger charge is 2.22. The van der Waals surface area contributed by atoms with Crippen LogP contribution in [0, 0.1) is 0 Å². The van der Waals surface area contributed by atoms with E-state index in [1.54, 1.807) is 0 Å². The van der Waals surface area contributed by atoms with Gasteiger partial charge in [0.05, 0.1) is 0 Å². The van der Waals surface area contributed by atoms with Crippen LogP contribution >= 0.6 is 12.6 Å². The number of thiol groups is 1. The second-order valence-corrected chi connectivity index (χ2v) is 3.17. The molecule has 0 bridgehead atoms. The van der Waals surface area contributed by atoms with Crippen LogP contribution < -0.4 is 0 Å². The third-order valence-corrected chi connectivity index (χ3v) is 2.46. The van der Waals surface area contributed by atoms with Crippen LogP contribution in [-0.4, -0.2) is 36.1 Å². The first kappa shape index (κ1) is 8.08. The molecule has 0 aromatic heterocycles. The number of piperidine rings is 1. The third-order valence-electron chi connectivity index (χ3n) is 2.04. The number of carbonyl (C=O) groups is 1. The Morgan fingerprint density at radius 3 is 3.00 bits per heavy atom. The fourth-order valence-corrected chi connectivity index (χ4v) is 1.62. The molecule has 0 radical (unpaired) electrons. The highest BCUT2D eigenvalue weighted by molar-refractivity contribution is 7.80. The molecule has 1 rings (SSSR count). The van der Waals surface area contributed by atoms with Crippen LogP contribution in [-0.2, 0) is 4.79 Å². The van der Waals surface area contributed by atoms with Crippen molar-refractivity contribution in [2.75, 3.05) is 19.3 Å². The molecule has 58 valence electrons. The van der Waals surface area contributed by atoms with Gasteiger partial charge in [-0.05, 0) is 7.05 Å². The number of Topliss-reactive ketones (excluding diaryl/α,β-unsaturated/α-hetero) is 1. The van der Waals surface area contributed by atoms with Gasteiger partial charge in [-0.25, -0.2) is 0 Å². The van der Waals surface area contributed by atoms with Crippen molar-refractivity contribution in [2.45, 2.75) is 18.9 Å². The first-order valence-corrected chi connectivity index (χ1v) is 4.20. The van der Waals surface area contributed by atoms with Gasteiger partial charge in [0.1, 0.15) is 5.78 Å². The molecule has 0 amide bonds. The summed E-state index contributed by atoms with van der Waals surface area (Å²) in [6, 6.07) is 0.379. The quantitative estimate of drug-likeness (QED) is 0.565. The van der Waals surface area contributed by atoms with Gasteiger partial charge in [0.15, 0.2) is 0 Å². The molecule has 1 aliphatic rings. The van der Waals surface area contributed by atoms with Gasteiger partial charge in [-0.3, -0.25) is 4.79 Å². The molecule has 1 saturated heterocycles. The van der Waals surface area contributed by atoms with Crippen molar-refractivity contribution < 1.29 is 4.79 Å². The summed E-state index contributed by atoms with van der Waals surface area (Å²) in [5.41, 5.74) is 0. The monoisotopic (exact) mass is 159 g/mol. The van der Waals surface area contributed by atoms with Crippen molar-refractivity contribution >= 4 is 18.4 Å². The molecule has 0 aliphatic carbocycles. The molecule has 1 fully saturated rings. The molecule has 1 heterocycles. The number of likely N-dealkylation sites (tertiary alicyclic amines) is 1. The molecule has 2 nitrogen and oxygen atoms in total. The van der Waals surface area contributed by atoms with Gasteiger partial charge in [0, 0.05) is 31.2 Å². The predicted molar refractivity (Wildman–Crippen MR) is 44.5 cm³/mol. The Bertz CT molecular complexity index is 138. The molecule has 0 aromatic rings. The van der Waals surface area contributed by atoms with Crippen LogP contribution in [0.5, 0.6) is 0 Å². The first-order chi connectivity index (χ1) is 4.74. The smallest absolute Gasteiger partial charge is 0.135 e. The molecule has 1 atom stereocenters. The number of hydrogen-bond acceptors (Lipinski definition) is 3. The minimum atomic E-state index is 0.379. The molecule has 0 spiro atoms. The van der Waals surface area contributed by atoms with E-state index >= 15 is 0 Å². The summed E-state index contributed by atoms with van der Waals surface area (Å²) >= 11 is 4.17. The third kappa shape index (κ3) is 1.73. The van der Waals surface area contributed by atoms with Gasteiger partial charge >= 0.3 is 0 Å². The number of nitrogens with zero attached hydrogens (tertiary/aromatic N) is 1. The molecule has 1 aliphatic heterocycles. The highest BCUT2D eigenvalue weighted by Crippen LogP contribution is 2.12. The molecular weight excluding hydrogens is 146 g/mol. The number of ketones is 1. The SMILES string of the molecule is CN1CCC(=O)CC1CS. The van der Waals surface area contributed by atoms with Crippen LogP contribution in [0.4, 0.5) is 0 Å². The Morgan fingerprint density at radius 1 is 1.80 bits per heavy atom. The van der Waals surface area contributed by atoms with Crippen LogP contribution in [0.2, 0.25) is 0 Å². The fraction of sp³-hybridized carbons (Fsp3) is 0.857. The Labute approximate surface area is 67.0 Å². The maximum Gasteiger partial charge on any atom is 0.135 e. The summed E-state index contributed by atoms with van der Waals surface area (Å²) in [4.78, 5) is 13.1. The van der Waals surface area contributed by atoms with E-state index in [2.05, 4.69) is 17.5 Å². The topological polar surface area (TPSA) is 20.3 Å². The molecule has 10 heavy (non-hydrogen) atoms. The largest absolute Gasteiger partial charge is 0.302 e. The van der Waals surface area contributed by atoms with Crippen molar-refractivity contribution in [1.29, 1.82) is 0 Å². The predicted octanol–water partition coefficient (Wildman–Crippen LogP) is 0.580. The van der Waals surface area contributed by atoms with Gasteiger partial charge < -0.3 is 4.90 Å². The average Bonchev–Trinajstić information content (AvgIpc) is 1.94. The fourth-order valence-electron chi connectivity index (χ4n) is 1.21. The summed E-state index contributed by atoms with van der Waals surface area (Å²) in [6.07, 6.45) is 1.42. The van der Waals surface area contributed by atoms with E-state index in [0.717, 1.165) is 18.7 Å². The van der Waals surface area contributed by atoms with E-state index in [4.69, 9.17) is 0 Å². The zero-order valence-corrected chi connectivity index (χ0v) is 7.10. The summed E-state index contributed by atoms with van der Waals surface area (Å²) in [7, 11) is 2.05. The minimum Gasteiger partial charge on any atom is -0.302 e. The van der Waals surface area contributed by atoms with E-state index in [-0.39, 0.29) is 0 Å². The van der Waals surface area contributed by atoms with Crippen molar-refractivity contribution in [3.8, 4) is 0 Å². The van der Waals surface area contributed by atoms with E-state index in [9.17, 15) is 4.79 Å². The maximum atomic E-state index is 10.9. The van der Waals surface area contributed by atoms with Gasteiger partial charge in [0.2, 0.25) is 0 Å². The molecular formula is C7H13NOS. The lowest BCUT2D eigenvalue weighted by Crippen LogP contribution is -2.41. The average molecular weight is 159 g/mol. The summed E-state index contributed by atoms with van der Waals surface area (Å²) < 4.78 is 0. The van der Waals surface area contributed by atoms with Crippen molar-refractivity contribution in [2.24, 2.45) is 0 Å².